The second-order valence-corrected chi connectivity index (χ2v) is 11.2. The van der Waals surface area contributed by atoms with Crippen LogP contribution in [-0.2, 0) is 18.4 Å². The molecule has 4 nitrogen and oxygen atoms in total. The molecule has 0 radical (unpaired) electrons. The summed E-state index contributed by atoms with van der Waals surface area (Å²) in [6, 6.07) is 1.27. The van der Waals surface area contributed by atoms with Gasteiger partial charge in [0.2, 0.25) is 0 Å². The number of hydrogen-bond acceptors (Lipinski definition) is 4. The zero-order valence-electron chi connectivity index (χ0n) is 18.4. The van der Waals surface area contributed by atoms with Crippen LogP contribution in [0.2, 0.25) is 12.1 Å². The monoisotopic (exact) mass is 400 g/mol. The van der Waals surface area contributed by atoms with E-state index in [1.54, 1.807) is 0 Å². The van der Waals surface area contributed by atoms with E-state index in [2.05, 4.69) is 13.8 Å². The summed E-state index contributed by atoms with van der Waals surface area (Å²) in [6.07, 6.45) is 14.6. The Balaban J connectivity index is 4.16. The summed E-state index contributed by atoms with van der Waals surface area (Å²) in [5.74, 6) is -0.374. The normalized spacial score (nSPS) is 11.4. The lowest BCUT2D eigenvalue weighted by Gasteiger charge is -2.27. The van der Waals surface area contributed by atoms with Crippen LogP contribution >= 0.6 is 0 Å². The van der Waals surface area contributed by atoms with Crippen molar-refractivity contribution in [3.05, 3.63) is 0 Å². The maximum Gasteiger partial charge on any atom is 0.463 e. The molecule has 0 aliphatic carbocycles. The third kappa shape index (κ3) is 13.9. The number of carbonyl (C=O) groups excluding carboxylic acids is 2. The Morgan fingerprint density at radius 1 is 0.556 bits per heavy atom. The van der Waals surface area contributed by atoms with E-state index >= 15 is 0 Å². The molecule has 27 heavy (non-hydrogen) atoms. The summed E-state index contributed by atoms with van der Waals surface area (Å²) in [4.78, 5) is 24.5. The smallest absolute Gasteiger partial charge is 0.463 e. The van der Waals surface area contributed by atoms with Crippen molar-refractivity contribution >= 4 is 20.5 Å². The van der Waals surface area contributed by atoms with Crippen molar-refractivity contribution in [1.82, 2.24) is 0 Å². The fourth-order valence-corrected chi connectivity index (χ4v) is 5.33. The summed E-state index contributed by atoms with van der Waals surface area (Å²) in [5, 5.41) is 0. The molecule has 5 heteroatoms. The van der Waals surface area contributed by atoms with Crippen molar-refractivity contribution in [2.24, 2.45) is 0 Å². The van der Waals surface area contributed by atoms with E-state index in [1.165, 1.54) is 51.4 Å². The summed E-state index contributed by atoms with van der Waals surface area (Å²) in [5.41, 5.74) is 0. The molecule has 0 aliphatic rings. The van der Waals surface area contributed by atoms with Crippen LogP contribution in [0.5, 0.6) is 0 Å². The van der Waals surface area contributed by atoms with Crippen LogP contribution in [-0.4, -0.2) is 20.5 Å². The molecule has 0 saturated carbocycles. The Morgan fingerprint density at radius 3 is 1.22 bits per heavy atom. The van der Waals surface area contributed by atoms with E-state index < -0.39 is 8.56 Å². The van der Waals surface area contributed by atoms with Crippen LogP contribution in [0, 0.1) is 0 Å². The van der Waals surface area contributed by atoms with Gasteiger partial charge in [-0.3, -0.25) is 9.59 Å². The van der Waals surface area contributed by atoms with Gasteiger partial charge in [-0.25, -0.2) is 0 Å². The Bertz CT molecular complexity index is 349. The minimum absolute atomic E-state index is 0.187. The SMILES string of the molecule is CCCCCCCCC(=O)O[Si](CC)(CC)OC(=O)CCCCCCCC. The first kappa shape index (κ1) is 26.2. The zero-order valence-corrected chi connectivity index (χ0v) is 19.4. The molecular formula is C22H44O4Si. The van der Waals surface area contributed by atoms with Gasteiger partial charge < -0.3 is 8.85 Å². The Hall–Kier alpha value is -0.843. The number of unbranched alkanes of at least 4 members (excludes halogenated alkanes) is 10. The lowest BCUT2D eigenvalue weighted by Crippen LogP contribution is -2.44. The zero-order chi connectivity index (χ0) is 20.4. The quantitative estimate of drug-likeness (QED) is 0.182. The lowest BCUT2D eigenvalue weighted by atomic mass is 10.1. The summed E-state index contributed by atoms with van der Waals surface area (Å²) >= 11 is 0. The molecule has 0 atom stereocenters. The highest BCUT2D eigenvalue weighted by atomic mass is 28.4. The van der Waals surface area contributed by atoms with E-state index in [1.807, 2.05) is 13.8 Å². The Morgan fingerprint density at radius 2 is 0.889 bits per heavy atom. The molecule has 0 aromatic carbocycles. The van der Waals surface area contributed by atoms with Gasteiger partial charge in [0.15, 0.2) is 0 Å². The summed E-state index contributed by atoms with van der Waals surface area (Å²) in [7, 11) is -2.73. The molecule has 0 N–H and O–H groups in total. The first-order chi connectivity index (χ1) is 13.0. The van der Waals surface area contributed by atoms with Gasteiger partial charge in [-0.1, -0.05) is 91.9 Å². The van der Waals surface area contributed by atoms with Crippen molar-refractivity contribution in [3.63, 3.8) is 0 Å². The lowest BCUT2D eigenvalue weighted by molar-refractivity contribution is -0.141. The first-order valence-corrected chi connectivity index (χ1v) is 13.7. The maximum atomic E-state index is 12.2. The highest BCUT2D eigenvalue weighted by molar-refractivity contribution is 6.70. The standard InChI is InChI=1S/C22H44O4Si/c1-5-9-11-13-15-17-19-21(23)25-27(7-3,8-4)26-22(24)20-18-16-14-12-10-6-2/h5-20H2,1-4H3. The minimum Gasteiger partial charge on any atom is -0.485 e. The van der Waals surface area contributed by atoms with Crippen LogP contribution in [0.1, 0.15) is 118 Å². The average molecular weight is 401 g/mol. The van der Waals surface area contributed by atoms with E-state index in [0.29, 0.717) is 24.9 Å². The third-order valence-corrected chi connectivity index (χ3v) is 8.50. The molecule has 0 spiro atoms. The molecule has 0 amide bonds. The van der Waals surface area contributed by atoms with E-state index in [-0.39, 0.29) is 11.9 Å². The van der Waals surface area contributed by atoms with Crippen LogP contribution in [0.3, 0.4) is 0 Å². The molecule has 0 bridgehead atoms. The van der Waals surface area contributed by atoms with Gasteiger partial charge >= 0.3 is 8.56 Å². The van der Waals surface area contributed by atoms with Gasteiger partial charge in [0, 0.05) is 24.9 Å². The van der Waals surface area contributed by atoms with Gasteiger partial charge in [-0.05, 0) is 12.8 Å². The highest BCUT2D eigenvalue weighted by Crippen LogP contribution is 2.22. The fraction of sp³-hybridized carbons (Fsp3) is 0.909. The van der Waals surface area contributed by atoms with Crippen molar-refractivity contribution in [2.75, 3.05) is 0 Å². The van der Waals surface area contributed by atoms with Gasteiger partial charge in [0.05, 0.1) is 0 Å². The molecule has 0 unspecified atom stereocenters. The largest absolute Gasteiger partial charge is 0.485 e. The van der Waals surface area contributed by atoms with Crippen molar-refractivity contribution < 1.29 is 18.4 Å². The van der Waals surface area contributed by atoms with Crippen LogP contribution < -0.4 is 0 Å². The van der Waals surface area contributed by atoms with Crippen LogP contribution in [0.15, 0.2) is 0 Å². The second kappa shape index (κ2) is 17.3. The van der Waals surface area contributed by atoms with Gasteiger partial charge in [-0.2, -0.15) is 0 Å². The molecule has 0 aromatic rings. The minimum atomic E-state index is -2.73. The Kier molecular flexibility index (Phi) is 16.7. The fourth-order valence-electron chi connectivity index (χ4n) is 3.18. The first-order valence-electron chi connectivity index (χ1n) is 11.5. The van der Waals surface area contributed by atoms with E-state index in [0.717, 1.165) is 25.7 Å². The molecule has 0 aromatic heterocycles. The average Bonchev–Trinajstić information content (AvgIpc) is 2.66. The molecule has 0 heterocycles. The van der Waals surface area contributed by atoms with Gasteiger partial charge in [0.25, 0.3) is 11.9 Å². The highest BCUT2D eigenvalue weighted by Gasteiger charge is 2.41. The molecule has 160 valence electrons. The molecule has 0 fully saturated rings. The van der Waals surface area contributed by atoms with Gasteiger partial charge in [-0.15, -0.1) is 0 Å². The number of carbonyl (C=O) groups is 2. The van der Waals surface area contributed by atoms with Crippen molar-refractivity contribution in [3.8, 4) is 0 Å². The van der Waals surface area contributed by atoms with E-state index in [9.17, 15) is 9.59 Å². The number of hydrogen-bond donors (Lipinski definition) is 0. The predicted molar refractivity (Wildman–Crippen MR) is 115 cm³/mol. The molecule has 0 rings (SSSR count). The third-order valence-electron chi connectivity index (χ3n) is 5.15. The Labute approximate surface area is 169 Å². The predicted octanol–water partition coefficient (Wildman–Crippen LogP) is 7.06. The topological polar surface area (TPSA) is 52.6 Å². The molecular weight excluding hydrogens is 356 g/mol. The van der Waals surface area contributed by atoms with Crippen LogP contribution in [0.4, 0.5) is 0 Å². The van der Waals surface area contributed by atoms with Gasteiger partial charge in [0.1, 0.15) is 0 Å². The van der Waals surface area contributed by atoms with Crippen molar-refractivity contribution in [1.29, 1.82) is 0 Å². The molecule has 0 aliphatic heterocycles. The molecule has 0 saturated heterocycles. The van der Waals surface area contributed by atoms with Crippen molar-refractivity contribution in [2.45, 2.75) is 130 Å². The van der Waals surface area contributed by atoms with Crippen LogP contribution in [0.25, 0.3) is 0 Å². The second-order valence-electron chi connectivity index (χ2n) is 7.60. The van der Waals surface area contributed by atoms with E-state index in [4.69, 9.17) is 8.85 Å². The summed E-state index contributed by atoms with van der Waals surface area (Å²) in [6.45, 7) is 8.33. The number of rotatable bonds is 18. The maximum absolute atomic E-state index is 12.2. The summed E-state index contributed by atoms with van der Waals surface area (Å²) < 4.78 is 11.5.